The van der Waals surface area contributed by atoms with E-state index in [1.807, 2.05) is 0 Å². The van der Waals surface area contributed by atoms with Crippen molar-refractivity contribution in [1.82, 2.24) is 20.5 Å². The summed E-state index contributed by atoms with van der Waals surface area (Å²) < 4.78 is 10.6. The molecule has 144 valence electrons. The number of ether oxygens (including phenoxy) is 2. The Hall–Kier alpha value is -3.62. The fourth-order valence-corrected chi connectivity index (χ4v) is 3.05. The molecule has 1 aromatic heterocycles. The van der Waals surface area contributed by atoms with Crippen molar-refractivity contribution in [1.29, 1.82) is 0 Å². The number of imide groups is 1. The summed E-state index contributed by atoms with van der Waals surface area (Å²) in [6, 6.07) is 7.42. The Balaban J connectivity index is 1.34. The van der Waals surface area contributed by atoms with Crippen molar-refractivity contribution in [3.8, 4) is 11.5 Å². The number of hydrogen-bond acceptors (Lipinski definition) is 6. The first-order valence-corrected chi connectivity index (χ1v) is 8.76. The van der Waals surface area contributed by atoms with Gasteiger partial charge in [-0.15, -0.1) is 0 Å². The van der Waals surface area contributed by atoms with Crippen LogP contribution >= 0.6 is 0 Å². The number of nitrogens with zero attached hydrogens (tertiary/aromatic N) is 2. The highest BCUT2D eigenvalue weighted by Crippen LogP contribution is 2.33. The highest BCUT2D eigenvalue weighted by atomic mass is 16.7. The number of benzene rings is 1. The van der Waals surface area contributed by atoms with E-state index in [0.29, 0.717) is 18.0 Å². The van der Waals surface area contributed by atoms with Gasteiger partial charge in [0.05, 0.1) is 13.0 Å². The van der Waals surface area contributed by atoms with Crippen LogP contribution in [0.25, 0.3) is 0 Å². The maximum atomic E-state index is 12.6. The molecule has 1 atom stereocenters. The molecule has 28 heavy (non-hydrogen) atoms. The molecule has 4 amide bonds. The fourth-order valence-electron chi connectivity index (χ4n) is 3.05. The van der Waals surface area contributed by atoms with E-state index in [1.165, 1.54) is 0 Å². The van der Waals surface area contributed by atoms with Crippen molar-refractivity contribution in [3.63, 3.8) is 0 Å². The minimum atomic E-state index is -0.876. The zero-order chi connectivity index (χ0) is 19.5. The van der Waals surface area contributed by atoms with E-state index in [1.54, 1.807) is 42.7 Å². The van der Waals surface area contributed by atoms with Gasteiger partial charge < -0.3 is 20.1 Å². The second-order valence-corrected chi connectivity index (χ2v) is 6.45. The van der Waals surface area contributed by atoms with E-state index < -0.39 is 18.0 Å². The third-order valence-corrected chi connectivity index (χ3v) is 4.51. The normalized spacial score (nSPS) is 17.6. The summed E-state index contributed by atoms with van der Waals surface area (Å²) in [7, 11) is 0. The molecular weight excluding hydrogens is 364 g/mol. The van der Waals surface area contributed by atoms with Crippen LogP contribution < -0.4 is 20.1 Å². The van der Waals surface area contributed by atoms with E-state index in [2.05, 4.69) is 15.6 Å². The van der Waals surface area contributed by atoms with Crippen molar-refractivity contribution in [2.45, 2.75) is 25.6 Å². The van der Waals surface area contributed by atoms with Crippen molar-refractivity contribution in [2.75, 3.05) is 6.79 Å². The number of aromatic nitrogens is 1. The Labute approximate surface area is 160 Å². The molecule has 2 aliphatic heterocycles. The summed E-state index contributed by atoms with van der Waals surface area (Å²) in [4.78, 5) is 41.9. The second kappa shape index (κ2) is 7.55. The van der Waals surface area contributed by atoms with E-state index in [-0.39, 0.29) is 25.7 Å². The van der Waals surface area contributed by atoms with Crippen molar-refractivity contribution in [3.05, 3.63) is 53.9 Å². The lowest BCUT2D eigenvalue weighted by Gasteiger charge is -2.13. The number of pyridine rings is 1. The Kier molecular flexibility index (Phi) is 4.79. The third kappa shape index (κ3) is 3.73. The van der Waals surface area contributed by atoms with Gasteiger partial charge in [0, 0.05) is 18.9 Å². The summed E-state index contributed by atoms with van der Waals surface area (Å²) in [6.45, 7) is 0.576. The number of nitrogens with one attached hydrogen (secondary N) is 2. The lowest BCUT2D eigenvalue weighted by Crippen LogP contribution is -2.36. The van der Waals surface area contributed by atoms with Crippen molar-refractivity contribution in [2.24, 2.45) is 0 Å². The molecule has 9 nitrogen and oxygen atoms in total. The highest BCUT2D eigenvalue weighted by Gasteiger charge is 2.39. The molecule has 3 heterocycles. The number of rotatable bonds is 6. The van der Waals surface area contributed by atoms with Crippen molar-refractivity contribution >= 4 is 17.8 Å². The van der Waals surface area contributed by atoms with Gasteiger partial charge in [0.1, 0.15) is 6.04 Å². The van der Waals surface area contributed by atoms with Crippen molar-refractivity contribution < 1.29 is 23.9 Å². The average molecular weight is 382 g/mol. The number of hydrogen-bond donors (Lipinski definition) is 2. The first kappa shape index (κ1) is 17.8. The van der Waals surface area contributed by atoms with E-state index in [0.717, 1.165) is 16.0 Å². The molecule has 0 saturated carbocycles. The van der Waals surface area contributed by atoms with Gasteiger partial charge in [0.15, 0.2) is 11.5 Å². The summed E-state index contributed by atoms with van der Waals surface area (Å²) in [6.07, 6.45) is 3.15. The number of amides is 4. The zero-order valence-electron chi connectivity index (χ0n) is 14.9. The molecule has 1 fully saturated rings. The Morgan fingerprint density at radius 1 is 1.14 bits per heavy atom. The number of fused-ring (bicyclic) bond motifs is 1. The van der Waals surface area contributed by atoms with E-state index in [4.69, 9.17) is 9.47 Å². The van der Waals surface area contributed by atoms with Crippen LogP contribution in [-0.4, -0.2) is 40.6 Å². The Morgan fingerprint density at radius 3 is 2.75 bits per heavy atom. The predicted molar refractivity (Wildman–Crippen MR) is 96.1 cm³/mol. The minimum absolute atomic E-state index is 0.0937. The minimum Gasteiger partial charge on any atom is -0.454 e. The first-order chi connectivity index (χ1) is 13.6. The van der Waals surface area contributed by atoms with Gasteiger partial charge in [-0.3, -0.25) is 19.5 Å². The third-order valence-electron chi connectivity index (χ3n) is 4.51. The van der Waals surface area contributed by atoms with Gasteiger partial charge in [0.25, 0.3) is 5.91 Å². The molecule has 0 radical (unpaired) electrons. The van der Waals surface area contributed by atoms with Gasteiger partial charge in [-0.25, -0.2) is 4.79 Å². The van der Waals surface area contributed by atoms with E-state index in [9.17, 15) is 14.4 Å². The monoisotopic (exact) mass is 382 g/mol. The lowest BCUT2D eigenvalue weighted by atomic mass is 10.1. The van der Waals surface area contributed by atoms with Gasteiger partial charge in [-0.1, -0.05) is 6.07 Å². The summed E-state index contributed by atoms with van der Waals surface area (Å²) in [5.41, 5.74) is 1.63. The first-order valence-electron chi connectivity index (χ1n) is 8.76. The summed E-state index contributed by atoms with van der Waals surface area (Å²) in [5, 5.41) is 5.30. The van der Waals surface area contributed by atoms with Crippen LogP contribution in [0.15, 0.2) is 42.7 Å². The Morgan fingerprint density at radius 2 is 1.93 bits per heavy atom. The quantitative estimate of drug-likeness (QED) is 0.720. The van der Waals surface area contributed by atoms with Crippen LogP contribution in [0.4, 0.5) is 4.79 Å². The van der Waals surface area contributed by atoms with Crippen LogP contribution in [0.5, 0.6) is 11.5 Å². The van der Waals surface area contributed by atoms with Crippen LogP contribution in [-0.2, 0) is 22.7 Å². The lowest BCUT2D eigenvalue weighted by molar-refractivity contribution is -0.131. The average Bonchev–Trinajstić information content (AvgIpc) is 3.27. The van der Waals surface area contributed by atoms with Crippen LogP contribution in [0.1, 0.15) is 17.5 Å². The maximum Gasteiger partial charge on any atom is 0.325 e. The van der Waals surface area contributed by atoms with Crippen LogP contribution in [0.3, 0.4) is 0 Å². The molecule has 1 aromatic carbocycles. The number of carbonyl (C=O) groups excluding carboxylic acids is 3. The van der Waals surface area contributed by atoms with Gasteiger partial charge in [-0.2, -0.15) is 0 Å². The van der Waals surface area contributed by atoms with E-state index >= 15 is 0 Å². The molecule has 2 aromatic rings. The zero-order valence-corrected chi connectivity index (χ0v) is 14.9. The number of urea groups is 1. The number of carbonyl (C=O) groups is 3. The second-order valence-electron chi connectivity index (χ2n) is 6.45. The SMILES string of the molecule is O=C(C[C@H]1NC(=O)N(Cc2ccc3c(c2)OCO3)C1=O)NCc1ccncc1. The molecule has 0 unspecified atom stereocenters. The van der Waals surface area contributed by atoms with Gasteiger partial charge >= 0.3 is 6.03 Å². The topological polar surface area (TPSA) is 110 Å². The molecule has 4 rings (SSSR count). The van der Waals surface area contributed by atoms with Gasteiger partial charge in [0.2, 0.25) is 12.7 Å². The predicted octanol–water partition coefficient (Wildman–Crippen LogP) is 0.937. The molecule has 9 heteroatoms. The largest absolute Gasteiger partial charge is 0.454 e. The smallest absolute Gasteiger partial charge is 0.325 e. The standard InChI is InChI=1S/C19H18N4O5/c24-17(21-9-12-3-5-20-6-4-12)8-14-18(25)23(19(26)22-14)10-13-1-2-15-16(7-13)28-11-27-15/h1-7,14H,8-11H2,(H,21,24)(H,22,26)/t14-/m1/s1. The maximum absolute atomic E-state index is 12.6. The summed E-state index contributed by atoms with van der Waals surface area (Å²) in [5.74, 6) is 0.461. The molecule has 1 saturated heterocycles. The molecule has 0 aliphatic carbocycles. The van der Waals surface area contributed by atoms with Crippen LogP contribution in [0.2, 0.25) is 0 Å². The highest BCUT2D eigenvalue weighted by molar-refractivity contribution is 6.05. The molecule has 2 N–H and O–H groups in total. The molecule has 2 aliphatic rings. The fraction of sp³-hybridized carbons (Fsp3) is 0.263. The molecule has 0 bridgehead atoms. The van der Waals surface area contributed by atoms with Gasteiger partial charge in [-0.05, 0) is 35.4 Å². The summed E-state index contributed by atoms with van der Waals surface area (Å²) >= 11 is 0. The Bertz CT molecular complexity index is 918. The van der Waals surface area contributed by atoms with Crippen LogP contribution in [0, 0.1) is 0 Å². The molecule has 0 spiro atoms. The molecular formula is C19H18N4O5.